The molecular formula is C49H81NO23. The van der Waals surface area contributed by atoms with Crippen molar-refractivity contribution in [3.8, 4) is 0 Å². The average molecular weight is 1050 g/mol. The predicted octanol–water partition coefficient (Wildman–Crippen LogP) is -0.679. The summed E-state index contributed by atoms with van der Waals surface area (Å²) >= 11 is 0. The Morgan fingerprint density at radius 2 is 1.42 bits per heavy atom. The lowest BCUT2D eigenvalue weighted by molar-refractivity contribution is -0.341. The van der Waals surface area contributed by atoms with Crippen LogP contribution in [0.3, 0.4) is 0 Å². The minimum Gasteiger partial charge on any atom is -0.479 e. The van der Waals surface area contributed by atoms with Crippen LogP contribution in [0.4, 0.5) is 0 Å². The van der Waals surface area contributed by atoms with Crippen molar-refractivity contribution >= 4 is 30.0 Å². The van der Waals surface area contributed by atoms with Crippen LogP contribution in [0.1, 0.15) is 81.1 Å². The Morgan fingerprint density at radius 3 is 1.95 bits per heavy atom. The maximum absolute atomic E-state index is 13.7. The number of hydrogen-bond donors (Lipinski definition) is 9. The molecule has 420 valence electrons. The first-order valence-corrected chi connectivity index (χ1v) is 24.5. The second kappa shape index (κ2) is 28.6. The normalized spacial score (nSPS) is 42.3. The number of cyclic esters (lactones) is 1. The molecule has 4 rings (SSSR count). The molecule has 0 spiro atoms. The number of esters is 1. The van der Waals surface area contributed by atoms with E-state index in [1.165, 1.54) is 27.2 Å². The van der Waals surface area contributed by atoms with Gasteiger partial charge in [0.1, 0.15) is 49.0 Å². The quantitative estimate of drug-likeness (QED) is 0.0725. The molecule has 0 amide bonds. The van der Waals surface area contributed by atoms with Crippen LogP contribution in [0.25, 0.3) is 0 Å². The molecule has 3 fully saturated rings. The Hall–Kier alpha value is -3.41. The highest BCUT2D eigenvalue weighted by Gasteiger charge is 2.52. The molecule has 0 radical (unpaired) electrons. The number of methoxy groups -OCH3 is 2. The van der Waals surface area contributed by atoms with Crippen molar-refractivity contribution in [3.05, 3.63) is 23.8 Å². The topological polar surface area (TPSA) is 354 Å². The summed E-state index contributed by atoms with van der Waals surface area (Å²) in [5.74, 6) is -7.68. The Balaban J connectivity index is 0.00000126. The molecule has 24 nitrogen and oxygen atoms in total. The fraction of sp³-hybridized carbons (Fsp3) is 0.816. The Kier molecular flexibility index (Phi) is 25.1. The molecule has 4 aliphatic rings. The van der Waals surface area contributed by atoms with Crippen LogP contribution >= 0.6 is 0 Å². The summed E-state index contributed by atoms with van der Waals surface area (Å²) in [6.45, 7) is 13.5. The number of aldehydes is 1. The summed E-state index contributed by atoms with van der Waals surface area (Å²) in [7, 11) is 6.40. The number of carbonyl (C=O) groups is 5. The van der Waals surface area contributed by atoms with Crippen LogP contribution in [0.2, 0.25) is 0 Å². The summed E-state index contributed by atoms with van der Waals surface area (Å²) in [5.41, 5.74) is -0.826. The van der Waals surface area contributed by atoms with Gasteiger partial charge in [0.2, 0.25) is 0 Å². The van der Waals surface area contributed by atoms with Gasteiger partial charge in [-0.3, -0.25) is 9.59 Å². The largest absolute Gasteiger partial charge is 0.479 e. The average Bonchev–Trinajstić information content (AvgIpc) is 3.32. The van der Waals surface area contributed by atoms with Gasteiger partial charge in [0, 0.05) is 44.3 Å². The van der Waals surface area contributed by atoms with Crippen LogP contribution < -0.4 is 0 Å². The summed E-state index contributed by atoms with van der Waals surface area (Å²) in [5, 5.41) is 88.1. The second-order valence-electron chi connectivity index (χ2n) is 19.9. The van der Waals surface area contributed by atoms with E-state index in [0.717, 1.165) is 0 Å². The van der Waals surface area contributed by atoms with E-state index in [4.69, 9.17) is 63.1 Å². The summed E-state index contributed by atoms with van der Waals surface area (Å²) < 4.78 is 54.4. The number of likely N-dealkylation sites (N-methyl/N-ethyl adjacent to an activating group) is 1. The highest BCUT2D eigenvalue weighted by atomic mass is 16.7. The van der Waals surface area contributed by atoms with E-state index in [2.05, 4.69) is 0 Å². The van der Waals surface area contributed by atoms with Gasteiger partial charge in [0.25, 0.3) is 0 Å². The first-order chi connectivity index (χ1) is 34.0. The third-order valence-corrected chi connectivity index (χ3v) is 13.9. The van der Waals surface area contributed by atoms with Crippen molar-refractivity contribution in [2.45, 2.75) is 197 Å². The van der Waals surface area contributed by atoms with Crippen molar-refractivity contribution in [2.24, 2.45) is 23.7 Å². The molecule has 73 heavy (non-hydrogen) atoms. The molecule has 0 aromatic carbocycles. The van der Waals surface area contributed by atoms with Crippen LogP contribution in [0, 0.1) is 23.7 Å². The van der Waals surface area contributed by atoms with Crippen molar-refractivity contribution in [1.82, 2.24) is 4.90 Å². The number of hydrogen-bond acceptors (Lipinski definition) is 22. The number of rotatable bonds is 15. The molecule has 0 aromatic rings. The summed E-state index contributed by atoms with van der Waals surface area (Å²) in [6, 6.07) is -0.767. The first-order valence-electron chi connectivity index (χ1n) is 24.5. The molecule has 24 heteroatoms. The maximum atomic E-state index is 13.7. The van der Waals surface area contributed by atoms with Gasteiger partial charge in [-0.2, -0.15) is 0 Å². The lowest BCUT2D eigenvalue weighted by Crippen LogP contribution is -2.65. The van der Waals surface area contributed by atoms with Gasteiger partial charge < -0.3 is 98.3 Å². The lowest BCUT2D eigenvalue weighted by Gasteiger charge is -2.50. The molecule has 3 saturated heterocycles. The number of carboxylic acid groups (broad SMARTS) is 2. The van der Waals surface area contributed by atoms with Crippen molar-refractivity contribution in [3.63, 3.8) is 0 Å². The molecule has 23 unspecified atom stereocenters. The minimum absolute atomic E-state index is 0.0117. The standard InChI is InChI=1S/C45H75NO17.C4H6O6/c1-13-32-29(21-57-44-41(56-12)40(55-11)36(51)25(5)59-44)16-22(2)14-15-30(48)23(3)17-28(20-47)38(24(4)31(49)18-33(50)61-32)63-43-37(52)35(46(9)10)39(26(6)60-43)62-34-19-45(8,54)42(53)27(7)58-34;5-1(3(7)8)2(6)4(9)10/h14-16,20,23-29,31-32,34-44,49,51-54H,13,17-19,21H2,1-12H3;1-2,5-6H,(H,7,8)(H,9,10)/b15-14+,22-16-;. The zero-order valence-electron chi connectivity index (χ0n) is 43.7. The highest BCUT2D eigenvalue weighted by molar-refractivity contribution is 5.92. The van der Waals surface area contributed by atoms with Crippen molar-refractivity contribution < 1.29 is 113 Å². The zero-order chi connectivity index (χ0) is 55.4. The van der Waals surface area contributed by atoms with E-state index in [1.807, 2.05) is 13.0 Å². The van der Waals surface area contributed by atoms with Gasteiger partial charge in [-0.25, -0.2) is 9.59 Å². The number of aliphatic hydroxyl groups is 7. The molecule has 0 aromatic heterocycles. The van der Waals surface area contributed by atoms with E-state index < -0.39 is 164 Å². The number of aliphatic carboxylic acids is 2. The van der Waals surface area contributed by atoms with Gasteiger partial charge in [0.05, 0.1) is 55.2 Å². The SMILES string of the molecule is CCC1OC(=O)CC(O)C(C)C(OC2OC(C)C(OC3CC(C)(O)C(O)C(C)O3)C(N(C)C)C2O)C(C=O)CC(C)C(=O)/C=C/C(C)=C\C1COC1OC(C)C(O)C(OC)C1OC.O=C(O)C(O)C(O)C(=O)O. The molecule has 0 bridgehead atoms. The smallest absolute Gasteiger partial charge is 0.335 e. The van der Waals surface area contributed by atoms with E-state index in [9.17, 15) is 49.5 Å². The molecule has 4 aliphatic heterocycles. The molecule has 0 saturated carbocycles. The third kappa shape index (κ3) is 17.0. The maximum Gasteiger partial charge on any atom is 0.335 e. The zero-order valence-corrected chi connectivity index (χ0v) is 43.7. The van der Waals surface area contributed by atoms with E-state index in [0.29, 0.717) is 18.3 Å². The summed E-state index contributed by atoms with van der Waals surface area (Å²) in [4.78, 5) is 61.5. The van der Waals surface area contributed by atoms with Crippen LogP contribution in [0.5, 0.6) is 0 Å². The third-order valence-electron chi connectivity index (χ3n) is 13.9. The summed E-state index contributed by atoms with van der Waals surface area (Å²) in [6.07, 6.45) is -13.6. The minimum atomic E-state index is -2.27. The highest BCUT2D eigenvalue weighted by Crippen LogP contribution is 2.37. The Morgan fingerprint density at radius 1 is 0.836 bits per heavy atom. The number of nitrogens with zero attached hydrogens (tertiary/aromatic N) is 1. The van der Waals surface area contributed by atoms with Gasteiger partial charge in [-0.1, -0.05) is 38.5 Å². The first kappa shape index (κ1) is 63.9. The number of aliphatic hydroxyl groups excluding tert-OH is 6. The van der Waals surface area contributed by atoms with Gasteiger partial charge in [-0.15, -0.1) is 0 Å². The second-order valence-corrected chi connectivity index (χ2v) is 19.9. The van der Waals surface area contributed by atoms with Gasteiger partial charge in [0.15, 0.2) is 36.9 Å². The number of ketones is 1. The fourth-order valence-corrected chi connectivity index (χ4v) is 9.46. The van der Waals surface area contributed by atoms with E-state index in [-0.39, 0.29) is 25.2 Å². The van der Waals surface area contributed by atoms with Crippen molar-refractivity contribution in [2.75, 3.05) is 34.9 Å². The van der Waals surface area contributed by atoms with E-state index in [1.54, 1.807) is 66.6 Å². The Labute approximate surface area is 426 Å². The monoisotopic (exact) mass is 1050 g/mol. The number of carboxylic acids is 2. The molecular weight excluding hydrogens is 971 g/mol. The van der Waals surface area contributed by atoms with Crippen LogP contribution in [-0.4, -0.2) is 232 Å². The van der Waals surface area contributed by atoms with E-state index >= 15 is 0 Å². The lowest BCUT2D eigenvalue weighted by atomic mass is 9.81. The molecule has 23 atom stereocenters. The van der Waals surface area contributed by atoms with Crippen LogP contribution in [-0.2, 0) is 66.6 Å². The van der Waals surface area contributed by atoms with Crippen LogP contribution in [0.15, 0.2) is 23.8 Å². The predicted molar refractivity (Wildman–Crippen MR) is 253 cm³/mol. The Bertz CT molecular complexity index is 1830. The number of carbonyl (C=O) groups excluding carboxylic acids is 3. The molecule has 4 heterocycles. The number of ether oxygens (including phenoxy) is 9. The number of allylic oxidation sites excluding steroid dienone is 3. The van der Waals surface area contributed by atoms with Gasteiger partial charge in [-0.05, 0) is 67.6 Å². The molecule has 9 N–H and O–H groups in total. The van der Waals surface area contributed by atoms with Gasteiger partial charge >= 0.3 is 17.9 Å². The fourth-order valence-electron chi connectivity index (χ4n) is 9.46. The molecule has 0 aliphatic carbocycles. The van der Waals surface area contributed by atoms with Crippen molar-refractivity contribution in [1.29, 1.82) is 0 Å².